The first kappa shape index (κ1) is 20.7. The van der Waals surface area contributed by atoms with E-state index in [0.717, 1.165) is 40.3 Å². The molecule has 0 amide bonds. The summed E-state index contributed by atoms with van der Waals surface area (Å²) in [6.07, 6.45) is 8.95. The molecule has 2 aromatic carbocycles. The van der Waals surface area contributed by atoms with E-state index in [9.17, 15) is 0 Å². The molecule has 0 saturated carbocycles. The van der Waals surface area contributed by atoms with E-state index >= 15 is 0 Å². The van der Waals surface area contributed by atoms with E-state index in [1.807, 2.05) is 48.6 Å². The van der Waals surface area contributed by atoms with Gasteiger partial charge in [-0.3, -0.25) is 0 Å². The number of hydrogen-bond donors (Lipinski definition) is 1. The van der Waals surface area contributed by atoms with Gasteiger partial charge in [0.1, 0.15) is 5.75 Å². The van der Waals surface area contributed by atoms with Crippen molar-refractivity contribution in [2.45, 2.75) is 25.7 Å². The Hall–Kier alpha value is -1.00. The maximum atomic E-state index is 6.19. The minimum Gasteiger partial charge on any atom is -0.493 e. The Bertz CT molecular complexity index is 788. The molecule has 1 fully saturated rings. The quantitative estimate of drug-likeness (QED) is 0.330. The molecular formula is C22H24BrCl2NO. The highest BCUT2D eigenvalue weighted by molar-refractivity contribution is 9.10. The zero-order chi connectivity index (χ0) is 19.1. The topological polar surface area (TPSA) is 21.3 Å². The van der Waals surface area contributed by atoms with Crippen LogP contribution in [0.25, 0.3) is 12.2 Å². The number of nitrogens with one attached hydrogen (secondary N) is 1. The van der Waals surface area contributed by atoms with E-state index in [-0.39, 0.29) is 0 Å². The van der Waals surface area contributed by atoms with Gasteiger partial charge in [-0.05, 0) is 80.6 Å². The van der Waals surface area contributed by atoms with E-state index in [1.54, 1.807) is 0 Å². The third kappa shape index (κ3) is 6.53. The summed E-state index contributed by atoms with van der Waals surface area (Å²) in [4.78, 5) is 0. The number of ether oxygens (including phenoxy) is 1. The van der Waals surface area contributed by atoms with Crippen LogP contribution in [-0.2, 0) is 0 Å². The van der Waals surface area contributed by atoms with Crippen LogP contribution < -0.4 is 10.1 Å². The first-order valence-corrected chi connectivity index (χ1v) is 10.9. The van der Waals surface area contributed by atoms with Gasteiger partial charge in [0.25, 0.3) is 0 Å². The fourth-order valence-corrected chi connectivity index (χ4v) is 4.27. The van der Waals surface area contributed by atoms with Crippen molar-refractivity contribution >= 4 is 51.3 Å². The van der Waals surface area contributed by atoms with Gasteiger partial charge < -0.3 is 10.1 Å². The van der Waals surface area contributed by atoms with E-state index in [1.165, 1.54) is 32.4 Å². The lowest BCUT2D eigenvalue weighted by atomic mass is 10.0. The van der Waals surface area contributed by atoms with Crippen molar-refractivity contribution in [3.63, 3.8) is 0 Å². The normalized spacial score (nSPS) is 16.9. The van der Waals surface area contributed by atoms with Crippen LogP contribution in [0.5, 0.6) is 5.75 Å². The third-order valence-electron chi connectivity index (χ3n) is 4.80. The van der Waals surface area contributed by atoms with Crippen LogP contribution in [0.3, 0.4) is 0 Å². The lowest BCUT2D eigenvalue weighted by molar-refractivity contribution is 0.299. The zero-order valence-corrected chi connectivity index (χ0v) is 18.3. The van der Waals surface area contributed by atoms with Crippen molar-refractivity contribution in [3.8, 4) is 5.75 Å². The van der Waals surface area contributed by atoms with Crippen molar-refractivity contribution in [3.05, 3.63) is 62.0 Å². The highest BCUT2D eigenvalue weighted by atomic mass is 79.9. The molecule has 0 bridgehead atoms. The molecule has 27 heavy (non-hydrogen) atoms. The molecule has 1 saturated heterocycles. The van der Waals surface area contributed by atoms with Crippen LogP contribution in [0.2, 0.25) is 10.0 Å². The highest BCUT2D eigenvalue weighted by Gasteiger charge is 2.13. The number of halogens is 3. The average Bonchev–Trinajstić information content (AvgIpc) is 3.15. The van der Waals surface area contributed by atoms with Crippen LogP contribution >= 0.6 is 39.1 Å². The molecule has 2 aromatic rings. The Labute approximate surface area is 180 Å². The summed E-state index contributed by atoms with van der Waals surface area (Å²) in [5.74, 6) is 1.71. The van der Waals surface area contributed by atoms with Crippen molar-refractivity contribution in [2.24, 2.45) is 5.92 Å². The second-order valence-electron chi connectivity index (χ2n) is 6.88. The maximum absolute atomic E-state index is 6.19. The van der Waals surface area contributed by atoms with E-state index in [4.69, 9.17) is 27.9 Å². The molecule has 0 radical (unpaired) electrons. The largest absolute Gasteiger partial charge is 0.493 e. The zero-order valence-electron chi connectivity index (χ0n) is 15.2. The number of unbranched alkanes of at least 4 members (excludes halogenated alkanes) is 1. The minimum absolute atomic E-state index is 0.700. The molecule has 1 N–H and O–H groups in total. The summed E-state index contributed by atoms with van der Waals surface area (Å²) in [6.45, 7) is 3.08. The number of benzene rings is 2. The van der Waals surface area contributed by atoms with Gasteiger partial charge in [-0.1, -0.05) is 57.4 Å². The second-order valence-corrected chi connectivity index (χ2v) is 8.61. The smallest absolute Gasteiger partial charge is 0.126 e. The summed E-state index contributed by atoms with van der Waals surface area (Å²) in [7, 11) is 0. The van der Waals surface area contributed by atoms with Gasteiger partial charge in [0.2, 0.25) is 0 Å². The van der Waals surface area contributed by atoms with Crippen LogP contribution in [0, 0.1) is 5.92 Å². The first-order valence-electron chi connectivity index (χ1n) is 9.38. The fraction of sp³-hybridized carbons (Fsp3) is 0.364. The maximum Gasteiger partial charge on any atom is 0.126 e. The van der Waals surface area contributed by atoms with Crippen molar-refractivity contribution in [1.82, 2.24) is 5.32 Å². The lowest BCUT2D eigenvalue weighted by Gasteiger charge is -2.11. The second kappa shape index (κ2) is 10.5. The Kier molecular flexibility index (Phi) is 8.07. The molecule has 2 nitrogen and oxygen atoms in total. The Morgan fingerprint density at radius 3 is 2.59 bits per heavy atom. The van der Waals surface area contributed by atoms with Crippen molar-refractivity contribution in [1.29, 1.82) is 0 Å². The molecule has 1 aliphatic rings. The molecule has 5 heteroatoms. The summed E-state index contributed by atoms with van der Waals surface area (Å²) in [5.41, 5.74) is 2.03. The Morgan fingerprint density at radius 2 is 1.81 bits per heavy atom. The van der Waals surface area contributed by atoms with Gasteiger partial charge >= 0.3 is 0 Å². The van der Waals surface area contributed by atoms with Gasteiger partial charge in [-0.25, -0.2) is 0 Å². The molecule has 1 atom stereocenters. The lowest BCUT2D eigenvalue weighted by Crippen LogP contribution is -2.09. The van der Waals surface area contributed by atoms with Gasteiger partial charge in [-0.15, -0.1) is 0 Å². The van der Waals surface area contributed by atoms with Crippen molar-refractivity contribution in [2.75, 3.05) is 19.7 Å². The summed E-state index contributed by atoms with van der Waals surface area (Å²) >= 11 is 15.7. The molecule has 0 spiro atoms. The predicted octanol–water partition coefficient (Wildman–Crippen LogP) is 7.08. The van der Waals surface area contributed by atoms with Crippen LogP contribution in [-0.4, -0.2) is 19.7 Å². The molecule has 1 unspecified atom stereocenters. The summed E-state index contributed by atoms with van der Waals surface area (Å²) < 4.78 is 6.99. The van der Waals surface area contributed by atoms with Gasteiger partial charge in [0.15, 0.2) is 0 Å². The Morgan fingerprint density at radius 1 is 1.04 bits per heavy atom. The monoisotopic (exact) mass is 467 g/mol. The first-order chi connectivity index (χ1) is 13.1. The van der Waals surface area contributed by atoms with E-state index in [2.05, 4.69) is 21.2 Å². The number of rotatable bonds is 8. The van der Waals surface area contributed by atoms with Gasteiger partial charge in [-0.2, -0.15) is 0 Å². The van der Waals surface area contributed by atoms with E-state index < -0.39 is 0 Å². The predicted molar refractivity (Wildman–Crippen MR) is 120 cm³/mol. The summed E-state index contributed by atoms with van der Waals surface area (Å²) in [6, 6.07) is 11.5. The SMILES string of the molecule is Clc1ccc(/C=C/c2cc(Cl)ccc2OCCCCC2CCNC2)c(Br)c1. The fourth-order valence-electron chi connectivity index (χ4n) is 3.28. The molecular weight excluding hydrogens is 445 g/mol. The van der Waals surface area contributed by atoms with Crippen LogP contribution in [0.15, 0.2) is 40.9 Å². The van der Waals surface area contributed by atoms with Crippen LogP contribution in [0.4, 0.5) is 0 Å². The third-order valence-corrected chi connectivity index (χ3v) is 5.96. The highest BCUT2D eigenvalue weighted by Crippen LogP contribution is 2.28. The molecule has 1 aliphatic heterocycles. The average molecular weight is 469 g/mol. The van der Waals surface area contributed by atoms with Crippen LogP contribution in [0.1, 0.15) is 36.8 Å². The molecule has 0 aromatic heterocycles. The van der Waals surface area contributed by atoms with Crippen molar-refractivity contribution < 1.29 is 4.74 Å². The molecule has 144 valence electrons. The van der Waals surface area contributed by atoms with Gasteiger partial charge in [0.05, 0.1) is 6.61 Å². The Balaban J connectivity index is 1.58. The molecule has 3 rings (SSSR count). The van der Waals surface area contributed by atoms with Gasteiger partial charge in [0, 0.05) is 20.1 Å². The molecule has 1 heterocycles. The van der Waals surface area contributed by atoms with E-state index in [0.29, 0.717) is 10.0 Å². The molecule has 0 aliphatic carbocycles. The summed E-state index contributed by atoms with van der Waals surface area (Å²) in [5, 5.41) is 4.83. The number of hydrogen-bond acceptors (Lipinski definition) is 2. The standard InChI is InChI=1S/C22H24BrCl2NO/c23-21-14-20(25)7-6-17(21)4-5-18-13-19(24)8-9-22(18)27-12-2-1-3-16-10-11-26-15-16/h4-9,13-14,16,26H,1-3,10-12,15H2/b5-4+. The minimum atomic E-state index is 0.700.